The Morgan fingerprint density at radius 1 is 1.12 bits per heavy atom. The predicted octanol–water partition coefficient (Wildman–Crippen LogP) is 3.42. The van der Waals surface area contributed by atoms with Gasteiger partial charge in [-0.05, 0) is 49.1 Å². The zero-order valence-corrected chi connectivity index (χ0v) is 15.4. The first kappa shape index (κ1) is 18.3. The minimum atomic E-state index is -3.76. The van der Waals surface area contributed by atoms with Crippen LogP contribution >= 0.6 is 0 Å². The van der Waals surface area contributed by atoms with Gasteiger partial charge in [0.15, 0.2) is 0 Å². The van der Waals surface area contributed by atoms with Gasteiger partial charge in [0.05, 0.1) is 16.1 Å². The molecule has 1 aliphatic rings. The van der Waals surface area contributed by atoms with Gasteiger partial charge >= 0.3 is 5.97 Å². The third-order valence-electron chi connectivity index (χ3n) is 4.66. The molecule has 0 aliphatic carbocycles. The lowest BCUT2D eigenvalue weighted by Gasteiger charge is -2.33. The lowest BCUT2D eigenvalue weighted by molar-refractivity contribution is 0.0697. The number of piperidine rings is 1. The van der Waals surface area contributed by atoms with Crippen LogP contribution in [0.25, 0.3) is 0 Å². The van der Waals surface area contributed by atoms with E-state index < -0.39 is 16.0 Å². The van der Waals surface area contributed by atoms with E-state index in [9.17, 15) is 18.3 Å². The Hall–Kier alpha value is -2.54. The maximum atomic E-state index is 12.4. The summed E-state index contributed by atoms with van der Waals surface area (Å²) < 4.78 is 27.3. The standard InChI is InChI=1S/C19H22N2O4S/c1-14-9-11-21(12-10-14)18-8-7-15(13-17(18)19(22)23)20-26(24,25)16-5-3-2-4-6-16/h2-8,13-14,20H,9-12H2,1H3,(H,22,23). The summed E-state index contributed by atoms with van der Waals surface area (Å²) in [6.45, 7) is 3.80. The van der Waals surface area contributed by atoms with E-state index in [2.05, 4.69) is 16.5 Å². The molecule has 2 aromatic carbocycles. The van der Waals surface area contributed by atoms with Crippen LogP contribution in [0.4, 0.5) is 11.4 Å². The van der Waals surface area contributed by atoms with Crippen molar-refractivity contribution < 1.29 is 18.3 Å². The highest BCUT2D eigenvalue weighted by atomic mass is 32.2. The molecule has 1 aliphatic heterocycles. The molecule has 0 amide bonds. The molecule has 3 rings (SSSR count). The number of sulfonamides is 1. The van der Waals surface area contributed by atoms with Gasteiger partial charge in [0.2, 0.25) is 0 Å². The van der Waals surface area contributed by atoms with Crippen LogP contribution in [0, 0.1) is 5.92 Å². The molecule has 26 heavy (non-hydrogen) atoms. The minimum Gasteiger partial charge on any atom is -0.478 e. The van der Waals surface area contributed by atoms with Crippen LogP contribution in [-0.4, -0.2) is 32.6 Å². The summed E-state index contributed by atoms with van der Waals surface area (Å²) >= 11 is 0. The number of nitrogens with zero attached hydrogens (tertiary/aromatic N) is 1. The van der Waals surface area contributed by atoms with E-state index in [0.717, 1.165) is 25.9 Å². The largest absolute Gasteiger partial charge is 0.478 e. The summed E-state index contributed by atoms with van der Waals surface area (Å²) in [5, 5.41) is 9.58. The van der Waals surface area contributed by atoms with E-state index in [1.54, 1.807) is 30.3 Å². The van der Waals surface area contributed by atoms with Crippen LogP contribution < -0.4 is 9.62 Å². The number of aromatic carboxylic acids is 1. The average Bonchev–Trinajstić information content (AvgIpc) is 2.63. The fourth-order valence-corrected chi connectivity index (χ4v) is 4.18. The first-order valence-corrected chi connectivity index (χ1v) is 10.1. The molecule has 138 valence electrons. The topological polar surface area (TPSA) is 86.7 Å². The molecule has 2 aromatic rings. The quantitative estimate of drug-likeness (QED) is 0.837. The maximum Gasteiger partial charge on any atom is 0.337 e. The SMILES string of the molecule is CC1CCN(c2ccc(NS(=O)(=O)c3ccccc3)cc2C(=O)O)CC1. The third-order valence-corrected chi connectivity index (χ3v) is 6.05. The van der Waals surface area contributed by atoms with Gasteiger partial charge in [-0.15, -0.1) is 0 Å². The number of nitrogens with one attached hydrogen (secondary N) is 1. The van der Waals surface area contributed by atoms with Crippen molar-refractivity contribution in [1.82, 2.24) is 0 Å². The fraction of sp³-hybridized carbons (Fsp3) is 0.316. The van der Waals surface area contributed by atoms with Gasteiger partial charge in [-0.25, -0.2) is 13.2 Å². The Morgan fingerprint density at radius 2 is 1.77 bits per heavy atom. The van der Waals surface area contributed by atoms with E-state index in [-0.39, 0.29) is 16.1 Å². The predicted molar refractivity (Wildman–Crippen MR) is 101 cm³/mol. The molecule has 0 bridgehead atoms. The van der Waals surface area contributed by atoms with Crippen molar-refractivity contribution in [2.24, 2.45) is 5.92 Å². The van der Waals surface area contributed by atoms with E-state index in [1.165, 1.54) is 18.2 Å². The Balaban J connectivity index is 1.88. The minimum absolute atomic E-state index is 0.104. The molecule has 0 atom stereocenters. The Morgan fingerprint density at radius 3 is 2.38 bits per heavy atom. The normalized spacial score (nSPS) is 15.7. The number of carbonyl (C=O) groups is 1. The highest BCUT2D eigenvalue weighted by Crippen LogP contribution is 2.29. The van der Waals surface area contributed by atoms with Gasteiger partial charge < -0.3 is 10.0 Å². The Kier molecular flexibility index (Phi) is 5.18. The summed E-state index contributed by atoms with van der Waals surface area (Å²) in [6, 6.07) is 12.7. The second kappa shape index (κ2) is 7.37. The summed E-state index contributed by atoms with van der Waals surface area (Å²) in [4.78, 5) is 13.9. The number of carboxylic acids is 1. The van der Waals surface area contributed by atoms with Crippen LogP contribution in [-0.2, 0) is 10.0 Å². The lowest BCUT2D eigenvalue weighted by Crippen LogP contribution is -2.33. The first-order chi connectivity index (χ1) is 12.4. The number of hydrogen-bond donors (Lipinski definition) is 2. The molecule has 0 radical (unpaired) electrons. The summed E-state index contributed by atoms with van der Waals surface area (Å²) in [5.41, 5.74) is 0.972. The van der Waals surface area contributed by atoms with Gasteiger partial charge in [-0.3, -0.25) is 4.72 Å². The number of benzene rings is 2. The lowest BCUT2D eigenvalue weighted by atomic mass is 9.98. The first-order valence-electron chi connectivity index (χ1n) is 8.57. The molecule has 7 heteroatoms. The number of hydrogen-bond acceptors (Lipinski definition) is 4. The Labute approximate surface area is 153 Å². The fourth-order valence-electron chi connectivity index (χ4n) is 3.11. The van der Waals surface area contributed by atoms with E-state index in [1.807, 2.05) is 0 Å². The highest BCUT2D eigenvalue weighted by molar-refractivity contribution is 7.92. The molecule has 0 spiro atoms. The molecule has 0 unspecified atom stereocenters. The van der Waals surface area contributed by atoms with Gasteiger partial charge in [0.1, 0.15) is 0 Å². The summed E-state index contributed by atoms with van der Waals surface area (Å²) in [7, 11) is -3.76. The second-order valence-corrected chi connectivity index (χ2v) is 8.31. The van der Waals surface area contributed by atoms with Crippen molar-refractivity contribution in [3.05, 3.63) is 54.1 Å². The van der Waals surface area contributed by atoms with Crippen LogP contribution in [0.2, 0.25) is 0 Å². The summed E-state index contributed by atoms with van der Waals surface area (Å²) in [6.07, 6.45) is 2.03. The van der Waals surface area contributed by atoms with Gasteiger partial charge in [-0.1, -0.05) is 25.1 Å². The van der Waals surface area contributed by atoms with Crippen molar-refractivity contribution in [2.75, 3.05) is 22.7 Å². The molecule has 1 fully saturated rings. The van der Waals surface area contributed by atoms with E-state index >= 15 is 0 Å². The molecule has 2 N–H and O–H groups in total. The smallest absolute Gasteiger partial charge is 0.337 e. The van der Waals surface area contributed by atoms with E-state index in [0.29, 0.717) is 11.6 Å². The van der Waals surface area contributed by atoms with Crippen molar-refractivity contribution in [1.29, 1.82) is 0 Å². The summed E-state index contributed by atoms with van der Waals surface area (Å²) in [5.74, 6) is -0.434. The van der Waals surface area contributed by atoms with Crippen LogP contribution in [0.1, 0.15) is 30.1 Å². The van der Waals surface area contributed by atoms with Crippen molar-refractivity contribution in [3.63, 3.8) is 0 Å². The molecule has 0 saturated carbocycles. The third kappa shape index (κ3) is 3.99. The molecule has 6 nitrogen and oxygen atoms in total. The monoisotopic (exact) mass is 374 g/mol. The molecule has 0 aromatic heterocycles. The van der Waals surface area contributed by atoms with Gasteiger partial charge in [0.25, 0.3) is 10.0 Å². The van der Waals surface area contributed by atoms with Crippen molar-refractivity contribution in [3.8, 4) is 0 Å². The number of carboxylic acid groups (broad SMARTS) is 1. The highest BCUT2D eigenvalue weighted by Gasteiger charge is 2.22. The van der Waals surface area contributed by atoms with Gasteiger partial charge in [0, 0.05) is 18.8 Å². The Bertz CT molecular complexity index is 889. The van der Waals surface area contributed by atoms with Crippen LogP contribution in [0.3, 0.4) is 0 Å². The van der Waals surface area contributed by atoms with Crippen molar-refractivity contribution >= 4 is 27.4 Å². The van der Waals surface area contributed by atoms with Crippen LogP contribution in [0.15, 0.2) is 53.4 Å². The zero-order valence-electron chi connectivity index (χ0n) is 14.6. The molecule has 1 heterocycles. The molecule has 1 saturated heterocycles. The van der Waals surface area contributed by atoms with Gasteiger partial charge in [-0.2, -0.15) is 0 Å². The average molecular weight is 374 g/mol. The zero-order chi connectivity index (χ0) is 18.7. The molecular formula is C19H22N2O4S. The van der Waals surface area contributed by atoms with E-state index in [4.69, 9.17) is 0 Å². The molecular weight excluding hydrogens is 352 g/mol. The second-order valence-electron chi connectivity index (χ2n) is 6.63. The van der Waals surface area contributed by atoms with Crippen LogP contribution in [0.5, 0.6) is 0 Å². The number of anilines is 2. The van der Waals surface area contributed by atoms with Crippen molar-refractivity contribution in [2.45, 2.75) is 24.7 Å². The number of rotatable bonds is 5. The maximum absolute atomic E-state index is 12.4.